The molecule has 792 valence electrons. The van der Waals surface area contributed by atoms with Crippen molar-refractivity contribution in [1.82, 2.24) is 0 Å². The van der Waals surface area contributed by atoms with Crippen molar-refractivity contribution >= 4 is 30.2 Å². The van der Waals surface area contributed by atoms with Gasteiger partial charge in [-0.25, -0.2) is 4.79 Å². The van der Waals surface area contributed by atoms with Crippen LogP contribution in [0.3, 0.4) is 0 Å². The summed E-state index contributed by atoms with van der Waals surface area (Å²) in [6.07, 6.45) is -63.2. The third-order valence-corrected chi connectivity index (χ3v) is 33.6. The van der Waals surface area contributed by atoms with Crippen molar-refractivity contribution in [3.8, 4) is 0 Å². The lowest BCUT2D eigenvalue weighted by molar-refractivity contribution is -0.391. The number of aliphatic hydroxyl groups is 21. The van der Waals surface area contributed by atoms with Crippen LogP contribution < -0.4 is 0 Å². The highest BCUT2D eigenvalue weighted by molar-refractivity contribution is 5.80. The first kappa shape index (κ1) is 111. The van der Waals surface area contributed by atoms with Crippen LogP contribution in [0, 0.1) is 62.1 Å². The maximum atomic E-state index is 16.5. The second-order valence-corrected chi connectivity index (χ2v) is 42.9. The molecule has 0 aromatic rings. The van der Waals surface area contributed by atoms with Gasteiger partial charge in [0.05, 0.1) is 100 Å². The SMILES string of the molecule is CC[C@@H]1OCC(O)(O[C@@H](C[C@H](O)CC(=O)O[C@@H](C[C@H](O)CC(=O)OC2[C@H](O)C(C)O[C@@H](OC(=O)[C@]34CCC(C)(C)CC3C3=CCC5[C@@]6(C)CC[C@H](O[C@@H]7OC(C(=O)O)[C@H](O)[C@H](O[C@@H]8OC[C@@H](O)[C@H](O)C8O)C7O[C@@H]7OC(CO)[C@H](O)[C@H](O)C7O)[C@@](C)(C=O)C6CC[C@@]5(C)[C@]3(C)C[C@H]4O)[C@@H]2O[C@@H]2OC(C)[C@H](OC3OCC(O)[C@H](O[C@@H]4OCC(O)(CO)[C@@H]4O)[C@@H]3O)[C@H](O)C2O)[C@@H](C)CC)[C@@H](C)CC)C1O. The lowest BCUT2D eigenvalue weighted by Gasteiger charge is -2.71. The van der Waals surface area contributed by atoms with Crippen LogP contribution in [0.25, 0.3) is 0 Å². The Balaban J connectivity index is 0.764. The van der Waals surface area contributed by atoms with Gasteiger partial charge in [0.25, 0.3) is 0 Å². The Kier molecular flexibility index (Phi) is 35.2. The predicted molar refractivity (Wildman–Crippen MR) is 461 cm³/mol. The van der Waals surface area contributed by atoms with Crippen molar-refractivity contribution in [2.24, 2.45) is 62.1 Å². The Hall–Kier alpha value is -4.15. The van der Waals surface area contributed by atoms with Crippen molar-refractivity contribution in [1.29, 1.82) is 0 Å². The largest absolute Gasteiger partial charge is 0.479 e. The number of carbonyl (C=O) groups excluding carboxylic acids is 4. The lowest BCUT2D eigenvalue weighted by Crippen LogP contribution is -2.69. The van der Waals surface area contributed by atoms with Crippen LogP contribution in [0.2, 0.25) is 0 Å². The van der Waals surface area contributed by atoms with E-state index in [1.165, 1.54) is 13.8 Å². The quantitative estimate of drug-likeness (QED) is 0.00713. The average Bonchev–Trinajstić information content (AvgIpc) is 0.806. The molecule has 45 heteroatoms. The van der Waals surface area contributed by atoms with E-state index in [-0.39, 0.29) is 50.5 Å². The van der Waals surface area contributed by atoms with Gasteiger partial charge in [-0.1, -0.05) is 101 Å². The fourth-order valence-electron chi connectivity index (χ4n) is 24.3. The van der Waals surface area contributed by atoms with Crippen LogP contribution in [0.5, 0.6) is 0 Å². The normalized spacial score (nSPS) is 48.7. The molecule has 13 aliphatic rings. The summed E-state index contributed by atoms with van der Waals surface area (Å²) in [7, 11) is 0. The molecule has 0 aromatic carbocycles. The molecular formula is C93H150O45. The number of rotatable bonds is 35. The predicted octanol–water partition coefficient (Wildman–Crippen LogP) is -4.27. The molecule has 138 heavy (non-hydrogen) atoms. The second-order valence-electron chi connectivity index (χ2n) is 42.9. The van der Waals surface area contributed by atoms with E-state index in [0.29, 0.717) is 51.4 Å². The molecule has 0 aromatic heterocycles. The number of ether oxygens (including phenoxy) is 18. The zero-order valence-corrected chi connectivity index (χ0v) is 80.3. The number of hydrogen-bond donors (Lipinski definition) is 22. The summed E-state index contributed by atoms with van der Waals surface area (Å²) in [5.41, 5.74) is -7.76. The second kappa shape index (κ2) is 43.7. The molecule has 13 rings (SSSR count). The fraction of sp³-hybridized carbons (Fsp3) is 0.925. The molecule has 8 aliphatic heterocycles. The van der Waals surface area contributed by atoms with E-state index in [0.717, 1.165) is 11.9 Å². The van der Waals surface area contributed by atoms with Crippen molar-refractivity contribution in [3.63, 3.8) is 0 Å². The number of esters is 3. The number of carbonyl (C=O) groups is 5. The number of fused-ring (bicyclic) bond motifs is 7. The molecular weight excluding hydrogens is 1840 g/mol. The van der Waals surface area contributed by atoms with Gasteiger partial charge in [0, 0.05) is 12.8 Å². The zero-order valence-electron chi connectivity index (χ0n) is 80.3. The van der Waals surface area contributed by atoms with E-state index >= 15 is 4.79 Å². The molecule has 50 atom stereocenters. The summed E-state index contributed by atoms with van der Waals surface area (Å²) < 4.78 is 109. The van der Waals surface area contributed by atoms with Crippen molar-refractivity contribution in [2.45, 2.75) is 437 Å². The van der Waals surface area contributed by atoms with E-state index in [1.807, 2.05) is 27.7 Å². The molecule has 8 heterocycles. The van der Waals surface area contributed by atoms with Crippen molar-refractivity contribution in [3.05, 3.63) is 11.6 Å². The molecule has 0 spiro atoms. The average molecular weight is 1990 g/mol. The highest BCUT2D eigenvalue weighted by Gasteiger charge is 2.74. The highest BCUT2D eigenvalue weighted by atomic mass is 16.8. The Labute approximate surface area is 799 Å². The molecule has 5 aliphatic carbocycles. The smallest absolute Gasteiger partial charge is 0.335 e. The van der Waals surface area contributed by atoms with Crippen LogP contribution in [0.4, 0.5) is 0 Å². The maximum absolute atomic E-state index is 16.5. The minimum Gasteiger partial charge on any atom is -0.479 e. The first-order valence-corrected chi connectivity index (χ1v) is 48.7. The molecule has 12 fully saturated rings. The van der Waals surface area contributed by atoms with Gasteiger partial charge < -0.3 is 202 Å². The number of aliphatic hydroxyl groups excluding tert-OH is 19. The third-order valence-electron chi connectivity index (χ3n) is 33.6. The Bertz CT molecular complexity index is 4120. The molecule has 8 saturated heterocycles. The summed E-state index contributed by atoms with van der Waals surface area (Å²) in [5, 5.41) is 248. The number of aldehydes is 1. The summed E-state index contributed by atoms with van der Waals surface area (Å²) >= 11 is 0. The van der Waals surface area contributed by atoms with Gasteiger partial charge in [-0.05, 0) is 129 Å². The first-order chi connectivity index (χ1) is 64.7. The topological polar surface area (TPSA) is 697 Å². The minimum atomic E-state index is -2.27. The van der Waals surface area contributed by atoms with Crippen LogP contribution in [0.1, 0.15) is 193 Å². The monoisotopic (exact) mass is 1990 g/mol. The van der Waals surface area contributed by atoms with E-state index < -0.39 is 371 Å². The molecule has 22 N–H and O–H groups in total. The van der Waals surface area contributed by atoms with E-state index in [9.17, 15) is 132 Å². The fourth-order valence-corrected chi connectivity index (χ4v) is 24.3. The van der Waals surface area contributed by atoms with E-state index in [1.54, 1.807) is 27.7 Å². The van der Waals surface area contributed by atoms with Gasteiger partial charge in [-0.15, -0.1) is 0 Å². The van der Waals surface area contributed by atoms with Gasteiger partial charge in [-0.2, -0.15) is 0 Å². The summed E-state index contributed by atoms with van der Waals surface area (Å²) in [5.74, 6) is -9.49. The standard InChI is InChI=1S/C93H150O45/c1-14-38(4)49(127-56(102)27-43(98)26-50(39(5)15-2)138-93(120)37-123-48(16-3)75(93)114)25-42(97)28-57(103)130-70-58(104)40(6)125-82(73(70)135-80-65(111)62(108)68(41(7)126-80)131-79-67(113)69(47(100)33-122-79)132-84-76(115)91(119,35-96)36-124-84)137-85(118)92-24-23-86(8,9)29-45(92)44-17-18-53-87(10)21-20-55(88(11,34-95)52(87)19-22-89(53,12)90(44,13)30-54(92)101)129-83-74(136-81-64(110)61(107)60(106)51(31-94)128-81)71(66(112)72(134-83)77(116)117)133-78-63(109)59(105)46(99)32-121-78/h17,34,38-43,45-55,58-76,78-84,94,96-101,104-115,119-120H,14-16,18-33,35-37H2,1-13H3,(H,116,117)/t38-,39-,40?,41?,42-,43-,45?,46+,47?,48-,49-,50-,51?,52?,53?,54+,55-,58+,59-,60-,61-,62+,63?,64?,65?,66+,67-,68-,69-,70?,71-,72?,73+,74?,75?,76+,78-,79?,80-,81-,82-,83+,84-,87-,88-,89+,90+,91?,92+,93?/m0/s1. The molecule has 0 amide bonds. The zero-order chi connectivity index (χ0) is 101. The number of hydrogen-bond acceptors (Lipinski definition) is 44. The molecule has 0 bridgehead atoms. The minimum absolute atomic E-state index is 0.00357. The van der Waals surface area contributed by atoms with Crippen LogP contribution in [0.15, 0.2) is 11.6 Å². The van der Waals surface area contributed by atoms with Crippen LogP contribution >= 0.6 is 0 Å². The number of carboxylic acids is 1. The summed E-state index contributed by atoms with van der Waals surface area (Å²) in [4.78, 5) is 72.7. The molecule has 0 radical (unpaired) electrons. The lowest BCUT2D eigenvalue weighted by atomic mass is 9.33. The Morgan fingerprint density at radius 2 is 1.11 bits per heavy atom. The van der Waals surface area contributed by atoms with Crippen molar-refractivity contribution in [2.75, 3.05) is 39.6 Å². The Morgan fingerprint density at radius 3 is 1.73 bits per heavy atom. The molecule has 4 saturated carbocycles. The number of allylic oxidation sites excluding steroid dienone is 2. The van der Waals surface area contributed by atoms with Gasteiger partial charge >= 0.3 is 23.9 Å². The van der Waals surface area contributed by atoms with Gasteiger partial charge in [0.1, 0.15) is 146 Å². The number of carboxylic acid groups (broad SMARTS) is 1. The Morgan fingerprint density at radius 1 is 0.522 bits per heavy atom. The maximum Gasteiger partial charge on any atom is 0.335 e. The molecule has 45 nitrogen and oxygen atoms in total. The van der Waals surface area contributed by atoms with Crippen LogP contribution in [-0.2, 0) is 109 Å². The highest BCUT2D eigenvalue weighted by Crippen LogP contribution is 2.76. The van der Waals surface area contributed by atoms with E-state index in [4.69, 9.17) is 85.3 Å². The molecule has 17 unspecified atom stereocenters. The van der Waals surface area contributed by atoms with Crippen molar-refractivity contribution < 1.29 is 222 Å². The van der Waals surface area contributed by atoms with E-state index in [2.05, 4.69) is 26.8 Å². The summed E-state index contributed by atoms with van der Waals surface area (Å²) in [6, 6.07) is 0. The number of aliphatic carboxylic acids is 1. The van der Waals surface area contributed by atoms with Gasteiger partial charge in [-0.3, -0.25) is 14.4 Å². The van der Waals surface area contributed by atoms with Gasteiger partial charge in [0.15, 0.2) is 56.1 Å². The van der Waals surface area contributed by atoms with Gasteiger partial charge in [0.2, 0.25) is 12.1 Å². The summed E-state index contributed by atoms with van der Waals surface area (Å²) in [6.45, 7) is 19.6. The third kappa shape index (κ3) is 21.3. The first-order valence-electron chi connectivity index (χ1n) is 48.7. The van der Waals surface area contributed by atoms with Crippen LogP contribution in [-0.4, -0.2) is 427 Å².